The van der Waals surface area contributed by atoms with Gasteiger partial charge in [-0.15, -0.1) is 0 Å². The lowest BCUT2D eigenvalue weighted by molar-refractivity contribution is 0.196. The van der Waals surface area contributed by atoms with Crippen LogP contribution in [0.3, 0.4) is 0 Å². The molecule has 1 aromatic carbocycles. The molecular formula is C18H27N3O3. The van der Waals surface area contributed by atoms with Crippen LogP contribution in [0.2, 0.25) is 0 Å². The van der Waals surface area contributed by atoms with Gasteiger partial charge in [0.2, 0.25) is 0 Å². The molecule has 1 atom stereocenters. The number of aliphatic hydroxyl groups excluding tert-OH is 1. The number of aliphatic hydroxyl groups is 1. The molecule has 2 rings (SSSR count). The van der Waals surface area contributed by atoms with Crippen molar-refractivity contribution in [3.05, 3.63) is 40.7 Å². The Morgan fingerprint density at radius 3 is 2.62 bits per heavy atom. The van der Waals surface area contributed by atoms with Gasteiger partial charge in [-0.3, -0.25) is 4.68 Å². The van der Waals surface area contributed by atoms with Gasteiger partial charge in [0, 0.05) is 30.9 Å². The maximum atomic E-state index is 8.88. The van der Waals surface area contributed by atoms with E-state index in [0.717, 1.165) is 17.8 Å². The first-order valence-corrected chi connectivity index (χ1v) is 8.12. The van der Waals surface area contributed by atoms with Crippen molar-refractivity contribution in [1.29, 1.82) is 0 Å². The minimum atomic E-state index is -0.0212. The van der Waals surface area contributed by atoms with Gasteiger partial charge in [0.15, 0.2) is 11.5 Å². The highest BCUT2D eigenvalue weighted by Crippen LogP contribution is 2.30. The minimum Gasteiger partial charge on any atom is -0.493 e. The van der Waals surface area contributed by atoms with Crippen molar-refractivity contribution in [3.8, 4) is 11.5 Å². The summed E-state index contributed by atoms with van der Waals surface area (Å²) in [6.07, 6.45) is 0. The van der Waals surface area contributed by atoms with Gasteiger partial charge in [-0.1, -0.05) is 6.07 Å². The lowest BCUT2D eigenvalue weighted by Crippen LogP contribution is -2.19. The summed E-state index contributed by atoms with van der Waals surface area (Å²) in [5.74, 6) is 1.31. The summed E-state index contributed by atoms with van der Waals surface area (Å²) in [4.78, 5) is 0. The summed E-state index contributed by atoms with van der Waals surface area (Å²) in [6, 6.07) is 6.01. The van der Waals surface area contributed by atoms with Gasteiger partial charge in [0.25, 0.3) is 0 Å². The van der Waals surface area contributed by atoms with E-state index in [1.54, 1.807) is 7.11 Å². The summed E-state index contributed by atoms with van der Waals surface area (Å²) >= 11 is 0. The van der Waals surface area contributed by atoms with Crippen LogP contribution in [0, 0.1) is 13.8 Å². The van der Waals surface area contributed by atoms with E-state index in [2.05, 4.69) is 24.3 Å². The van der Waals surface area contributed by atoms with Crippen LogP contribution >= 0.6 is 0 Å². The van der Waals surface area contributed by atoms with Gasteiger partial charge in [-0.2, -0.15) is 5.10 Å². The molecule has 0 amide bonds. The highest BCUT2D eigenvalue weighted by atomic mass is 16.5. The van der Waals surface area contributed by atoms with Gasteiger partial charge in [0.1, 0.15) is 6.61 Å². The molecule has 1 aromatic heterocycles. The zero-order chi connectivity index (χ0) is 17.7. The number of nitrogens with zero attached hydrogens (tertiary/aromatic N) is 2. The monoisotopic (exact) mass is 333 g/mol. The Balaban J connectivity index is 2.07. The number of ether oxygens (including phenoxy) is 2. The van der Waals surface area contributed by atoms with Gasteiger partial charge < -0.3 is 19.9 Å². The molecule has 1 heterocycles. The largest absolute Gasteiger partial charge is 0.493 e. The molecule has 0 fully saturated rings. The molecule has 0 spiro atoms. The van der Waals surface area contributed by atoms with E-state index in [9.17, 15) is 0 Å². The van der Waals surface area contributed by atoms with Crippen molar-refractivity contribution in [2.24, 2.45) is 7.05 Å². The molecule has 0 aliphatic carbocycles. The molecule has 0 saturated heterocycles. The third kappa shape index (κ3) is 4.07. The predicted octanol–water partition coefficient (Wildman–Crippen LogP) is 2.27. The molecule has 2 N–H and O–H groups in total. The summed E-state index contributed by atoms with van der Waals surface area (Å²) < 4.78 is 12.8. The highest BCUT2D eigenvalue weighted by Gasteiger charge is 2.13. The lowest BCUT2D eigenvalue weighted by atomic mass is 10.1. The highest BCUT2D eigenvalue weighted by molar-refractivity contribution is 5.43. The van der Waals surface area contributed by atoms with Crippen LogP contribution in [-0.2, 0) is 13.6 Å². The number of aromatic nitrogens is 2. The summed E-state index contributed by atoms with van der Waals surface area (Å²) in [6.45, 7) is 7.22. The number of nitrogens with one attached hydrogen (secondary N) is 1. The average molecular weight is 333 g/mol. The quantitative estimate of drug-likeness (QED) is 0.776. The number of hydrogen-bond donors (Lipinski definition) is 2. The number of benzene rings is 1. The standard InChI is InChI=1S/C18H27N3O3/c1-12(19-11-16-13(2)20-21(4)14(16)3)15-6-7-17(24-9-8-22)18(10-15)23-5/h6-7,10,12,19,22H,8-9,11H2,1-5H3. The van der Waals surface area contributed by atoms with E-state index in [1.807, 2.05) is 36.9 Å². The molecule has 6 heteroatoms. The Morgan fingerprint density at radius 2 is 2.04 bits per heavy atom. The number of rotatable bonds is 8. The maximum absolute atomic E-state index is 8.88. The molecule has 0 saturated carbocycles. The van der Waals surface area contributed by atoms with Crippen molar-refractivity contribution < 1.29 is 14.6 Å². The first-order chi connectivity index (χ1) is 11.5. The van der Waals surface area contributed by atoms with E-state index < -0.39 is 0 Å². The van der Waals surface area contributed by atoms with Gasteiger partial charge >= 0.3 is 0 Å². The fraction of sp³-hybridized carbons (Fsp3) is 0.500. The summed E-state index contributed by atoms with van der Waals surface area (Å²) in [5.41, 5.74) is 4.58. The van der Waals surface area contributed by atoms with Gasteiger partial charge in [-0.05, 0) is 38.5 Å². The van der Waals surface area contributed by atoms with Crippen LogP contribution in [0.1, 0.15) is 35.5 Å². The second kappa shape index (κ2) is 8.17. The van der Waals surface area contributed by atoms with Crippen LogP contribution < -0.4 is 14.8 Å². The van der Waals surface area contributed by atoms with Crippen molar-refractivity contribution in [3.63, 3.8) is 0 Å². The van der Waals surface area contributed by atoms with Gasteiger partial charge in [0.05, 0.1) is 19.4 Å². The van der Waals surface area contributed by atoms with Crippen LogP contribution in [0.4, 0.5) is 0 Å². The first-order valence-electron chi connectivity index (χ1n) is 8.12. The second-order valence-corrected chi connectivity index (χ2v) is 5.86. The smallest absolute Gasteiger partial charge is 0.161 e. The Labute approximate surface area is 143 Å². The van der Waals surface area contributed by atoms with Crippen molar-refractivity contribution in [2.75, 3.05) is 20.3 Å². The van der Waals surface area contributed by atoms with Gasteiger partial charge in [-0.25, -0.2) is 0 Å². The second-order valence-electron chi connectivity index (χ2n) is 5.86. The summed E-state index contributed by atoms with van der Waals surface area (Å²) in [5, 5.41) is 16.9. The van der Waals surface area contributed by atoms with E-state index in [-0.39, 0.29) is 19.3 Å². The van der Waals surface area contributed by atoms with Crippen LogP contribution in [0.25, 0.3) is 0 Å². The number of methoxy groups -OCH3 is 1. The Bertz CT molecular complexity index is 682. The van der Waals surface area contributed by atoms with Crippen LogP contribution in [-0.4, -0.2) is 35.2 Å². The number of hydrogen-bond acceptors (Lipinski definition) is 5. The molecule has 6 nitrogen and oxygen atoms in total. The lowest BCUT2D eigenvalue weighted by Gasteiger charge is -2.17. The van der Waals surface area contributed by atoms with E-state index >= 15 is 0 Å². The van der Waals surface area contributed by atoms with Crippen LogP contribution in [0.15, 0.2) is 18.2 Å². The molecule has 0 aliphatic heterocycles. The minimum absolute atomic E-state index is 0.0212. The fourth-order valence-electron chi connectivity index (χ4n) is 2.67. The molecule has 0 aliphatic rings. The topological polar surface area (TPSA) is 68.5 Å². The zero-order valence-electron chi connectivity index (χ0n) is 15.1. The number of aryl methyl sites for hydroxylation is 2. The Hall–Kier alpha value is -2.05. The third-order valence-electron chi connectivity index (χ3n) is 4.28. The molecule has 24 heavy (non-hydrogen) atoms. The molecular weight excluding hydrogens is 306 g/mol. The third-order valence-corrected chi connectivity index (χ3v) is 4.28. The first kappa shape index (κ1) is 18.3. The SMILES string of the molecule is COc1cc(C(C)NCc2c(C)nn(C)c2C)ccc1OCCO. The predicted molar refractivity (Wildman–Crippen MR) is 93.5 cm³/mol. The van der Waals surface area contributed by atoms with Crippen molar-refractivity contribution >= 4 is 0 Å². The molecule has 132 valence electrons. The van der Waals surface area contributed by atoms with E-state index in [1.165, 1.54) is 11.3 Å². The normalized spacial score (nSPS) is 12.2. The fourth-order valence-corrected chi connectivity index (χ4v) is 2.67. The maximum Gasteiger partial charge on any atom is 0.161 e. The van der Waals surface area contributed by atoms with E-state index in [4.69, 9.17) is 14.6 Å². The van der Waals surface area contributed by atoms with Crippen molar-refractivity contribution in [2.45, 2.75) is 33.4 Å². The average Bonchev–Trinajstić information content (AvgIpc) is 2.82. The Kier molecular flexibility index (Phi) is 6.23. The Morgan fingerprint density at radius 1 is 1.29 bits per heavy atom. The zero-order valence-corrected chi connectivity index (χ0v) is 15.1. The summed E-state index contributed by atoms with van der Waals surface area (Å²) in [7, 11) is 3.58. The molecule has 0 radical (unpaired) electrons. The molecule has 2 aromatic rings. The molecule has 1 unspecified atom stereocenters. The van der Waals surface area contributed by atoms with Crippen molar-refractivity contribution in [1.82, 2.24) is 15.1 Å². The van der Waals surface area contributed by atoms with Crippen LogP contribution in [0.5, 0.6) is 11.5 Å². The molecule has 0 bridgehead atoms. The van der Waals surface area contributed by atoms with E-state index in [0.29, 0.717) is 11.5 Å².